The van der Waals surface area contributed by atoms with E-state index in [1.807, 2.05) is 32.9 Å². The summed E-state index contributed by atoms with van der Waals surface area (Å²) < 4.78 is 4.91. The van der Waals surface area contributed by atoms with Gasteiger partial charge in [-0.15, -0.1) is 0 Å². The van der Waals surface area contributed by atoms with Gasteiger partial charge >= 0.3 is 6.09 Å². The molecule has 0 atom stereocenters. The lowest BCUT2D eigenvalue weighted by Crippen LogP contribution is -2.17. The molecular weight excluding hydrogens is 178 g/mol. The normalized spacial score (nSPS) is 9.93. The van der Waals surface area contributed by atoms with E-state index in [-0.39, 0.29) is 0 Å². The highest BCUT2D eigenvalue weighted by Crippen LogP contribution is 2.23. The van der Waals surface area contributed by atoms with Gasteiger partial charge in [-0.05, 0) is 43.0 Å². The van der Waals surface area contributed by atoms with Crippen molar-refractivity contribution < 1.29 is 9.53 Å². The molecule has 76 valence electrons. The first-order valence-corrected chi connectivity index (χ1v) is 4.62. The van der Waals surface area contributed by atoms with Crippen LogP contribution >= 0.6 is 0 Å². The summed E-state index contributed by atoms with van der Waals surface area (Å²) in [6.45, 7) is 6.02. The molecule has 0 radical (unpaired) electrons. The Bertz CT molecular complexity index is 359. The van der Waals surface area contributed by atoms with Gasteiger partial charge in [-0.3, -0.25) is 0 Å². The van der Waals surface area contributed by atoms with E-state index in [2.05, 4.69) is 0 Å². The number of amides is 1. The molecule has 0 aliphatic rings. The lowest BCUT2D eigenvalue weighted by Gasteiger charge is -2.10. The van der Waals surface area contributed by atoms with E-state index >= 15 is 0 Å². The van der Waals surface area contributed by atoms with Gasteiger partial charge in [0.1, 0.15) is 5.75 Å². The average Bonchev–Trinajstić information content (AvgIpc) is 2.10. The predicted molar refractivity (Wildman–Crippen MR) is 55.5 cm³/mol. The number of hydrogen-bond acceptors (Lipinski definition) is 2. The van der Waals surface area contributed by atoms with Gasteiger partial charge in [0.25, 0.3) is 0 Å². The van der Waals surface area contributed by atoms with Crippen LogP contribution in [-0.2, 0) is 6.42 Å². The van der Waals surface area contributed by atoms with Gasteiger partial charge < -0.3 is 10.5 Å². The van der Waals surface area contributed by atoms with Crippen LogP contribution in [0.1, 0.15) is 23.6 Å². The summed E-state index contributed by atoms with van der Waals surface area (Å²) >= 11 is 0. The largest absolute Gasteiger partial charge is 0.410 e. The summed E-state index contributed by atoms with van der Waals surface area (Å²) in [4.78, 5) is 10.6. The Morgan fingerprint density at radius 3 is 2.43 bits per heavy atom. The average molecular weight is 193 g/mol. The van der Waals surface area contributed by atoms with Crippen molar-refractivity contribution in [1.29, 1.82) is 0 Å². The van der Waals surface area contributed by atoms with E-state index in [0.717, 1.165) is 17.5 Å². The monoisotopic (exact) mass is 193 g/mol. The topological polar surface area (TPSA) is 52.3 Å². The molecule has 0 aromatic heterocycles. The molecule has 1 aromatic carbocycles. The quantitative estimate of drug-likeness (QED) is 0.783. The SMILES string of the molecule is CCc1cc(C)c(C)cc1OC(N)=O. The van der Waals surface area contributed by atoms with Crippen molar-refractivity contribution >= 4 is 6.09 Å². The van der Waals surface area contributed by atoms with Crippen molar-refractivity contribution in [2.45, 2.75) is 27.2 Å². The van der Waals surface area contributed by atoms with E-state index in [1.54, 1.807) is 0 Å². The van der Waals surface area contributed by atoms with Crippen LogP contribution < -0.4 is 10.5 Å². The first-order chi connectivity index (χ1) is 6.54. The Morgan fingerprint density at radius 2 is 1.93 bits per heavy atom. The highest BCUT2D eigenvalue weighted by molar-refractivity contribution is 5.68. The maximum atomic E-state index is 10.6. The second kappa shape index (κ2) is 4.13. The standard InChI is InChI=1S/C11H15NO2/c1-4-9-5-7(2)8(3)6-10(9)14-11(12)13/h5-6H,4H2,1-3H3,(H2,12,13). The molecule has 1 rings (SSSR count). The molecule has 1 aromatic rings. The molecule has 3 nitrogen and oxygen atoms in total. The third kappa shape index (κ3) is 2.25. The molecule has 0 saturated heterocycles. The first kappa shape index (κ1) is 10.6. The number of carbonyl (C=O) groups excluding carboxylic acids is 1. The Kier molecular flexibility index (Phi) is 3.12. The molecule has 3 heteroatoms. The summed E-state index contributed by atoms with van der Waals surface area (Å²) in [7, 11) is 0. The summed E-state index contributed by atoms with van der Waals surface area (Å²) in [5.41, 5.74) is 8.27. The maximum absolute atomic E-state index is 10.6. The Balaban J connectivity index is 3.13. The third-order valence-corrected chi connectivity index (χ3v) is 2.27. The molecule has 0 heterocycles. The fraction of sp³-hybridized carbons (Fsp3) is 0.364. The molecule has 0 aliphatic heterocycles. The fourth-order valence-corrected chi connectivity index (χ4v) is 1.33. The van der Waals surface area contributed by atoms with Crippen LogP contribution in [0.4, 0.5) is 4.79 Å². The zero-order valence-electron chi connectivity index (χ0n) is 8.76. The van der Waals surface area contributed by atoms with Crippen LogP contribution in [0, 0.1) is 13.8 Å². The predicted octanol–water partition coefficient (Wildman–Crippen LogP) is 2.32. The van der Waals surface area contributed by atoms with Gasteiger partial charge in [-0.2, -0.15) is 0 Å². The maximum Gasteiger partial charge on any atom is 0.409 e. The highest BCUT2D eigenvalue weighted by Gasteiger charge is 2.07. The Morgan fingerprint density at radius 1 is 1.36 bits per heavy atom. The first-order valence-electron chi connectivity index (χ1n) is 4.62. The highest BCUT2D eigenvalue weighted by atomic mass is 16.5. The van der Waals surface area contributed by atoms with E-state index in [9.17, 15) is 4.79 Å². The Labute approximate surface area is 83.9 Å². The molecular formula is C11H15NO2. The van der Waals surface area contributed by atoms with E-state index < -0.39 is 6.09 Å². The van der Waals surface area contributed by atoms with Crippen LogP contribution in [0.5, 0.6) is 5.75 Å². The van der Waals surface area contributed by atoms with Crippen molar-refractivity contribution in [3.05, 3.63) is 28.8 Å². The van der Waals surface area contributed by atoms with E-state index in [0.29, 0.717) is 5.75 Å². The number of ether oxygens (including phenoxy) is 1. The van der Waals surface area contributed by atoms with Crippen LogP contribution in [0.15, 0.2) is 12.1 Å². The van der Waals surface area contributed by atoms with Crippen molar-refractivity contribution in [3.63, 3.8) is 0 Å². The third-order valence-electron chi connectivity index (χ3n) is 2.27. The van der Waals surface area contributed by atoms with Crippen molar-refractivity contribution in [2.24, 2.45) is 5.73 Å². The van der Waals surface area contributed by atoms with Crippen LogP contribution in [-0.4, -0.2) is 6.09 Å². The summed E-state index contributed by atoms with van der Waals surface area (Å²) in [6, 6.07) is 3.87. The smallest absolute Gasteiger partial charge is 0.409 e. The number of carbonyl (C=O) groups is 1. The summed E-state index contributed by atoms with van der Waals surface area (Å²) in [6.07, 6.45) is 0.0620. The molecule has 1 amide bonds. The second-order valence-electron chi connectivity index (χ2n) is 3.32. The van der Waals surface area contributed by atoms with Gasteiger partial charge in [0, 0.05) is 0 Å². The van der Waals surface area contributed by atoms with E-state index in [1.165, 1.54) is 5.56 Å². The number of nitrogens with two attached hydrogens (primary N) is 1. The van der Waals surface area contributed by atoms with Crippen LogP contribution in [0.2, 0.25) is 0 Å². The molecule has 0 aliphatic carbocycles. The minimum atomic E-state index is -0.761. The molecule has 0 unspecified atom stereocenters. The van der Waals surface area contributed by atoms with Gasteiger partial charge in [0.05, 0.1) is 0 Å². The molecule has 2 N–H and O–H groups in total. The Hall–Kier alpha value is -1.51. The molecule has 0 saturated carbocycles. The van der Waals surface area contributed by atoms with Gasteiger partial charge in [0.15, 0.2) is 0 Å². The number of rotatable bonds is 2. The second-order valence-corrected chi connectivity index (χ2v) is 3.32. The zero-order chi connectivity index (χ0) is 10.7. The number of primary amides is 1. The number of hydrogen-bond donors (Lipinski definition) is 1. The van der Waals surface area contributed by atoms with E-state index in [4.69, 9.17) is 10.5 Å². The number of benzene rings is 1. The number of aryl methyl sites for hydroxylation is 3. The van der Waals surface area contributed by atoms with Crippen LogP contribution in [0.3, 0.4) is 0 Å². The van der Waals surface area contributed by atoms with Gasteiger partial charge in [-0.1, -0.05) is 13.0 Å². The van der Waals surface area contributed by atoms with Gasteiger partial charge in [-0.25, -0.2) is 4.79 Å². The molecule has 0 spiro atoms. The molecule has 0 bridgehead atoms. The fourth-order valence-electron chi connectivity index (χ4n) is 1.33. The van der Waals surface area contributed by atoms with Crippen molar-refractivity contribution in [2.75, 3.05) is 0 Å². The van der Waals surface area contributed by atoms with Crippen LogP contribution in [0.25, 0.3) is 0 Å². The lowest BCUT2D eigenvalue weighted by molar-refractivity contribution is 0.210. The van der Waals surface area contributed by atoms with Crippen molar-refractivity contribution in [1.82, 2.24) is 0 Å². The minimum absolute atomic E-state index is 0.572. The molecule has 0 fully saturated rings. The minimum Gasteiger partial charge on any atom is -0.410 e. The van der Waals surface area contributed by atoms with Crippen molar-refractivity contribution in [3.8, 4) is 5.75 Å². The lowest BCUT2D eigenvalue weighted by atomic mass is 10.0. The zero-order valence-corrected chi connectivity index (χ0v) is 8.76. The summed E-state index contributed by atoms with van der Waals surface area (Å²) in [5, 5.41) is 0. The molecule has 14 heavy (non-hydrogen) atoms. The summed E-state index contributed by atoms with van der Waals surface area (Å²) in [5.74, 6) is 0.572. The van der Waals surface area contributed by atoms with Gasteiger partial charge in [0.2, 0.25) is 0 Å².